The molecule has 0 N–H and O–H groups in total. The average Bonchev–Trinajstić information content (AvgIpc) is 2.19. The summed E-state index contributed by atoms with van der Waals surface area (Å²) < 4.78 is 10.4. The summed E-state index contributed by atoms with van der Waals surface area (Å²) >= 11 is 0. The van der Waals surface area contributed by atoms with Crippen LogP contribution >= 0.6 is 0 Å². The number of methoxy groups -OCH3 is 1. The van der Waals surface area contributed by atoms with Gasteiger partial charge < -0.3 is 9.47 Å². The summed E-state index contributed by atoms with van der Waals surface area (Å²) in [5, 5.41) is 0. The highest BCUT2D eigenvalue weighted by Crippen LogP contribution is 2.14. The van der Waals surface area contributed by atoms with E-state index in [0.29, 0.717) is 13.2 Å². The lowest BCUT2D eigenvalue weighted by molar-refractivity contribution is 0.146. The van der Waals surface area contributed by atoms with Gasteiger partial charge in [0, 0.05) is 7.11 Å². The second-order valence-corrected chi connectivity index (χ2v) is 3.24. The van der Waals surface area contributed by atoms with Crippen LogP contribution in [-0.2, 0) is 11.2 Å². The maximum atomic E-state index is 5.51. The third-order valence-corrected chi connectivity index (χ3v) is 1.99. The molecule has 0 aliphatic rings. The molecule has 0 amide bonds. The van der Waals surface area contributed by atoms with E-state index < -0.39 is 0 Å². The van der Waals surface area contributed by atoms with Gasteiger partial charge in [-0.05, 0) is 24.1 Å². The zero-order valence-electron chi connectivity index (χ0n) is 8.95. The monoisotopic (exact) mass is 194 g/mol. The Bertz CT molecular complexity index is 258. The van der Waals surface area contributed by atoms with E-state index in [-0.39, 0.29) is 0 Å². The van der Waals surface area contributed by atoms with Gasteiger partial charge in [-0.3, -0.25) is 0 Å². The van der Waals surface area contributed by atoms with Crippen molar-refractivity contribution in [1.29, 1.82) is 0 Å². The van der Waals surface area contributed by atoms with Crippen LogP contribution in [0.1, 0.15) is 18.9 Å². The van der Waals surface area contributed by atoms with E-state index in [2.05, 4.69) is 19.1 Å². The number of hydrogen-bond donors (Lipinski definition) is 0. The maximum absolute atomic E-state index is 5.51. The van der Waals surface area contributed by atoms with Crippen molar-refractivity contribution in [2.45, 2.75) is 19.8 Å². The molecule has 2 nitrogen and oxygen atoms in total. The first kappa shape index (κ1) is 11.1. The highest BCUT2D eigenvalue weighted by atomic mass is 16.5. The zero-order chi connectivity index (χ0) is 10.2. The lowest BCUT2D eigenvalue weighted by Crippen LogP contribution is -2.04. The number of aryl methyl sites for hydroxylation is 1. The van der Waals surface area contributed by atoms with Gasteiger partial charge >= 0.3 is 0 Å². The summed E-state index contributed by atoms with van der Waals surface area (Å²) in [5.74, 6) is 0.938. The molecule has 0 saturated carbocycles. The van der Waals surface area contributed by atoms with Gasteiger partial charge in [-0.2, -0.15) is 0 Å². The SMILES string of the molecule is CCCc1cccc(OCCOC)c1. The van der Waals surface area contributed by atoms with Gasteiger partial charge in [0.1, 0.15) is 12.4 Å². The molecule has 0 bridgehead atoms. The molecule has 0 aliphatic heterocycles. The van der Waals surface area contributed by atoms with Gasteiger partial charge in [-0.1, -0.05) is 25.5 Å². The third kappa shape index (κ3) is 3.79. The fourth-order valence-corrected chi connectivity index (χ4v) is 1.32. The molecule has 0 unspecified atom stereocenters. The van der Waals surface area contributed by atoms with E-state index in [1.807, 2.05) is 12.1 Å². The van der Waals surface area contributed by atoms with Crippen molar-refractivity contribution in [3.63, 3.8) is 0 Å². The van der Waals surface area contributed by atoms with Crippen molar-refractivity contribution in [2.75, 3.05) is 20.3 Å². The average molecular weight is 194 g/mol. The first-order valence-corrected chi connectivity index (χ1v) is 5.07. The Morgan fingerprint density at radius 2 is 2.07 bits per heavy atom. The molecule has 0 heterocycles. The maximum Gasteiger partial charge on any atom is 0.119 e. The summed E-state index contributed by atoms with van der Waals surface area (Å²) in [7, 11) is 1.68. The molecule has 2 heteroatoms. The Morgan fingerprint density at radius 3 is 2.79 bits per heavy atom. The lowest BCUT2D eigenvalue weighted by atomic mass is 10.1. The number of hydrogen-bond acceptors (Lipinski definition) is 2. The Balaban J connectivity index is 2.46. The van der Waals surface area contributed by atoms with Crippen LogP contribution in [0.4, 0.5) is 0 Å². The number of benzene rings is 1. The minimum absolute atomic E-state index is 0.617. The standard InChI is InChI=1S/C12H18O2/c1-3-5-11-6-4-7-12(10-11)14-9-8-13-2/h4,6-7,10H,3,5,8-9H2,1-2H3. The molecule has 1 rings (SSSR count). The van der Waals surface area contributed by atoms with E-state index in [1.165, 1.54) is 12.0 Å². The highest BCUT2D eigenvalue weighted by molar-refractivity contribution is 5.28. The molecule has 0 saturated heterocycles. The molecule has 0 radical (unpaired) electrons. The smallest absolute Gasteiger partial charge is 0.119 e. The normalized spacial score (nSPS) is 10.1. The predicted molar refractivity (Wildman–Crippen MR) is 57.8 cm³/mol. The van der Waals surface area contributed by atoms with Gasteiger partial charge in [0.05, 0.1) is 6.61 Å². The molecular weight excluding hydrogens is 176 g/mol. The second-order valence-electron chi connectivity index (χ2n) is 3.24. The van der Waals surface area contributed by atoms with Crippen LogP contribution in [0.15, 0.2) is 24.3 Å². The second kappa shape index (κ2) is 6.44. The molecule has 0 aromatic heterocycles. The van der Waals surface area contributed by atoms with Crippen molar-refractivity contribution in [3.05, 3.63) is 29.8 Å². The molecule has 0 fully saturated rings. The molecular formula is C12H18O2. The summed E-state index contributed by atoms with van der Waals surface area (Å²) in [6.45, 7) is 3.43. The summed E-state index contributed by atoms with van der Waals surface area (Å²) in [4.78, 5) is 0. The van der Waals surface area contributed by atoms with Gasteiger partial charge in [0.2, 0.25) is 0 Å². The van der Waals surface area contributed by atoms with Crippen molar-refractivity contribution >= 4 is 0 Å². The molecule has 14 heavy (non-hydrogen) atoms. The third-order valence-electron chi connectivity index (χ3n) is 1.99. The van der Waals surface area contributed by atoms with Crippen molar-refractivity contribution in [3.8, 4) is 5.75 Å². The summed E-state index contributed by atoms with van der Waals surface area (Å²) in [6.07, 6.45) is 2.28. The molecule has 0 spiro atoms. The van der Waals surface area contributed by atoms with Crippen LogP contribution in [0, 0.1) is 0 Å². The zero-order valence-corrected chi connectivity index (χ0v) is 8.95. The van der Waals surface area contributed by atoms with Gasteiger partial charge in [0.25, 0.3) is 0 Å². The minimum atomic E-state index is 0.617. The summed E-state index contributed by atoms with van der Waals surface area (Å²) in [5.41, 5.74) is 1.34. The van der Waals surface area contributed by atoms with Gasteiger partial charge in [-0.15, -0.1) is 0 Å². The van der Waals surface area contributed by atoms with Crippen LogP contribution in [0.5, 0.6) is 5.75 Å². The number of rotatable bonds is 6. The molecule has 78 valence electrons. The molecule has 1 aromatic rings. The van der Waals surface area contributed by atoms with Crippen LogP contribution < -0.4 is 4.74 Å². The van der Waals surface area contributed by atoms with Crippen LogP contribution in [-0.4, -0.2) is 20.3 Å². The highest BCUT2D eigenvalue weighted by Gasteiger charge is 1.95. The van der Waals surface area contributed by atoms with Crippen molar-refractivity contribution < 1.29 is 9.47 Å². The fraction of sp³-hybridized carbons (Fsp3) is 0.500. The van der Waals surface area contributed by atoms with E-state index in [1.54, 1.807) is 7.11 Å². The van der Waals surface area contributed by atoms with Crippen LogP contribution in [0.25, 0.3) is 0 Å². The predicted octanol–water partition coefficient (Wildman–Crippen LogP) is 2.66. The Kier molecular flexibility index (Phi) is 5.08. The van der Waals surface area contributed by atoms with E-state index in [0.717, 1.165) is 12.2 Å². The van der Waals surface area contributed by atoms with Gasteiger partial charge in [0.15, 0.2) is 0 Å². The quantitative estimate of drug-likeness (QED) is 0.648. The lowest BCUT2D eigenvalue weighted by Gasteiger charge is -2.06. The number of ether oxygens (including phenoxy) is 2. The molecule has 0 aliphatic carbocycles. The van der Waals surface area contributed by atoms with Crippen LogP contribution in [0.3, 0.4) is 0 Å². The van der Waals surface area contributed by atoms with Crippen molar-refractivity contribution in [1.82, 2.24) is 0 Å². The Morgan fingerprint density at radius 1 is 1.21 bits per heavy atom. The van der Waals surface area contributed by atoms with E-state index >= 15 is 0 Å². The van der Waals surface area contributed by atoms with Crippen LogP contribution in [0.2, 0.25) is 0 Å². The topological polar surface area (TPSA) is 18.5 Å². The molecule has 1 aromatic carbocycles. The Hall–Kier alpha value is -1.02. The van der Waals surface area contributed by atoms with Crippen molar-refractivity contribution in [2.24, 2.45) is 0 Å². The molecule has 0 atom stereocenters. The van der Waals surface area contributed by atoms with E-state index in [9.17, 15) is 0 Å². The largest absolute Gasteiger partial charge is 0.491 e. The summed E-state index contributed by atoms with van der Waals surface area (Å²) in [6, 6.07) is 8.24. The minimum Gasteiger partial charge on any atom is -0.491 e. The fourth-order valence-electron chi connectivity index (χ4n) is 1.32. The first-order valence-electron chi connectivity index (χ1n) is 5.07. The first-order chi connectivity index (χ1) is 6.86. The Labute approximate surface area is 85.8 Å². The van der Waals surface area contributed by atoms with Gasteiger partial charge in [-0.25, -0.2) is 0 Å². The van der Waals surface area contributed by atoms with E-state index in [4.69, 9.17) is 9.47 Å².